The maximum Gasteiger partial charge on any atom is 0.293 e. The first kappa shape index (κ1) is 21.9. The number of hydrogen-bond acceptors (Lipinski definition) is 5. The van der Waals surface area contributed by atoms with Crippen LogP contribution in [-0.4, -0.2) is 20.7 Å². The number of aryl methyl sites for hydroxylation is 1. The van der Waals surface area contributed by atoms with Crippen LogP contribution < -0.4 is 10.1 Å². The first-order valence-corrected chi connectivity index (χ1v) is 10.7. The number of rotatable bonds is 8. The van der Waals surface area contributed by atoms with E-state index in [-0.39, 0.29) is 18.3 Å². The zero-order valence-electron chi connectivity index (χ0n) is 17.2. The minimum absolute atomic E-state index is 0.141. The molecule has 164 valence electrons. The van der Waals surface area contributed by atoms with Crippen LogP contribution in [0.15, 0.2) is 65.3 Å². The van der Waals surface area contributed by atoms with Crippen molar-refractivity contribution in [3.05, 3.63) is 93.6 Å². The molecular weight excluding hydrogens is 451 g/mol. The summed E-state index contributed by atoms with van der Waals surface area (Å²) in [6.07, 6.45) is 2.48. The number of benzene rings is 2. The topological polar surface area (TPSA) is 82.2 Å². The SMILES string of the molecule is CCc1ccc(OCc2ccc(C(=O)Nc3ncn(Cc4ccc(Cl)cc4Cl)n3)o2)cc1. The molecule has 0 saturated heterocycles. The van der Waals surface area contributed by atoms with E-state index >= 15 is 0 Å². The lowest BCUT2D eigenvalue weighted by Gasteiger charge is -2.05. The maximum absolute atomic E-state index is 12.5. The highest BCUT2D eigenvalue weighted by molar-refractivity contribution is 6.35. The van der Waals surface area contributed by atoms with Gasteiger partial charge < -0.3 is 9.15 Å². The summed E-state index contributed by atoms with van der Waals surface area (Å²) in [5.74, 6) is 1.11. The number of hydrogen-bond donors (Lipinski definition) is 1. The van der Waals surface area contributed by atoms with Gasteiger partial charge in [0.25, 0.3) is 5.91 Å². The van der Waals surface area contributed by atoms with Crippen molar-refractivity contribution in [2.45, 2.75) is 26.5 Å². The summed E-state index contributed by atoms with van der Waals surface area (Å²) in [4.78, 5) is 16.6. The quantitative estimate of drug-likeness (QED) is 0.361. The number of anilines is 1. The molecule has 0 fully saturated rings. The molecule has 0 radical (unpaired) electrons. The summed E-state index contributed by atoms with van der Waals surface area (Å²) < 4.78 is 12.9. The van der Waals surface area contributed by atoms with Gasteiger partial charge in [-0.2, -0.15) is 0 Å². The predicted octanol–water partition coefficient (Wildman–Crippen LogP) is 5.62. The molecule has 0 unspecified atom stereocenters. The summed E-state index contributed by atoms with van der Waals surface area (Å²) in [6, 6.07) is 16.4. The molecule has 4 rings (SSSR count). The summed E-state index contributed by atoms with van der Waals surface area (Å²) in [6.45, 7) is 2.70. The Labute approximate surface area is 194 Å². The van der Waals surface area contributed by atoms with Crippen molar-refractivity contribution in [3.63, 3.8) is 0 Å². The third-order valence-corrected chi connectivity index (χ3v) is 5.29. The normalized spacial score (nSPS) is 10.8. The van der Waals surface area contributed by atoms with Gasteiger partial charge in [-0.3, -0.25) is 10.1 Å². The van der Waals surface area contributed by atoms with Crippen molar-refractivity contribution in [1.29, 1.82) is 0 Å². The van der Waals surface area contributed by atoms with E-state index in [2.05, 4.69) is 22.3 Å². The van der Waals surface area contributed by atoms with Crippen LogP contribution in [0.25, 0.3) is 0 Å². The molecular formula is C23H20Cl2N4O3. The van der Waals surface area contributed by atoms with E-state index < -0.39 is 5.91 Å². The highest BCUT2D eigenvalue weighted by Crippen LogP contribution is 2.22. The van der Waals surface area contributed by atoms with Crippen molar-refractivity contribution in [2.75, 3.05) is 5.32 Å². The van der Waals surface area contributed by atoms with E-state index in [1.54, 1.807) is 28.9 Å². The van der Waals surface area contributed by atoms with E-state index in [0.29, 0.717) is 22.4 Å². The van der Waals surface area contributed by atoms with Crippen LogP contribution in [-0.2, 0) is 19.6 Å². The number of amides is 1. The Kier molecular flexibility index (Phi) is 6.78. The van der Waals surface area contributed by atoms with Crippen LogP contribution in [0, 0.1) is 0 Å². The van der Waals surface area contributed by atoms with Crippen molar-refractivity contribution in [2.24, 2.45) is 0 Å². The van der Waals surface area contributed by atoms with Gasteiger partial charge in [0, 0.05) is 10.0 Å². The molecule has 0 aliphatic carbocycles. The number of carbonyl (C=O) groups is 1. The van der Waals surface area contributed by atoms with E-state index in [9.17, 15) is 4.79 Å². The molecule has 0 bridgehead atoms. The van der Waals surface area contributed by atoms with Gasteiger partial charge >= 0.3 is 0 Å². The fourth-order valence-corrected chi connectivity index (χ4v) is 3.44. The lowest BCUT2D eigenvalue weighted by molar-refractivity contribution is 0.0991. The fourth-order valence-electron chi connectivity index (χ4n) is 2.97. The molecule has 2 heterocycles. The minimum Gasteiger partial charge on any atom is -0.486 e. The van der Waals surface area contributed by atoms with E-state index in [1.807, 2.05) is 30.3 Å². The number of halogens is 2. The third-order valence-electron chi connectivity index (χ3n) is 4.71. The van der Waals surface area contributed by atoms with Crippen LogP contribution in [0.3, 0.4) is 0 Å². The van der Waals surface area contributed by atoms with E-state index in [4.69, 9.17) is 32.4 Å². The molecule has 0 spiro atoms. The van der Waals surface area contributed by atoms with Crippen molar-refractivity contribution in [3.8, 4) is 5.75 Å². The summed E-state index contributed by atoms with van der Waals surface area (Å²) in [5.41, 5.74) is 2.07. The number of carbonyl (C=O) groups excluding carboxylic acids is 1. The molecule has 0 saturated carbocycles. The Morgan fingerprint density at radius 2 is 1.94 bits per heavy atom. The Morgan fingerprint density at radius 1 is 1.12 bits per heavy atom. The first-order valence-electron chi connectivity index (χ1n) is 9.95. The Morgan fingerprint density at radius 3 is 2.69 bits per heavy atom. The summed E-state index contributed by atoms with van der Waals surface area (Å²) in [7, 11) is 0. The molecule has 7 nitrogen and oxygen atoms in total. The first-order chi connectivity index (χ1) is 15.5. The second kappa shape index (κ2) is 9.89. The largest absolute Gasteiger partial charge is 0.486 e. The lowest BCUT2D eigenvalue weighted by Crippen LogP contribution is -2.12. The molecule has 4 aromatic rings. The van der Waals surface area contributed by atoms with Crippen LogP contribution >= 0.6 is 23.2 Å². The summed E-state index contributed by atoms with van der Waals surface area (Å²) >= 11 is 12.1. The van der Waals surface area contributed by atoms with Crippen LogP contribution in [0.1, 0.15) is 34.4 Å². The van der Waals surface area contributed by atoms with Gasteiger partial charge in [-0.15, -0.1) is 5.10 Å². The fraction of sp³-hybridized carbons (Fsp3) is 0.174. The lowest BCUT2D eigenvalue weighted by atomic mass is 10.2. The standard InChI is InChI=1S/C23H20Cl2N4O3/c1-2-15-3-7-18(8-4-15)31-13-19-9-10-21(32-19)22(30)27-23-26-14-29(28-23)12-16-5-6-17(24)11-20(16)25/h3-11,14H,2,12-13H2,1H3,(H,27,28,30). The average molecular weight is 471 g/mol. The Bertz CT molecular complexity index is 1220. The van der Waals surface area contributed by atoms with Crippen molar-refractivity contribution >= 4 is 35.1 Å². The Balaban J connectivity index is 1.33. The van der Waals surface area contributed by atoms with Gasteiger partial charge in [0.2, 0.25) is 5.95 Å². The van der Waals surface area contributed by atoms with Crippen molar-refractivity contribution < 1.29 is 13.9 Å². The second-order valence-electron chi connectivity index (χ2n) is 7.01. The van der Waals surface area contributed by atoms with Gasteiger partial charge in [-0.1, -0.05) is 48.3 Å². The van der Waals surface area contributed by atoms with Crippen molar-refractivity contribution in [1.82, 2.24) is 14.8 Å². The van der Waals surface area contributed by atoms with Gasteiger partial charge in [0.15, 0.2) is 5.76 Å². The molecule has 9 heteroatoms. The monoisotopic (exact) mass is 470 g/mol. The molecule has 32 heavy (non-hydrogen) atoms. The molecule has 1 amide bonds. The highest BCUT2D eigenvalue weighted by atomic mass is 35.5. The van der Waals surface area contributed by atoms with Gasteiger partial charge in [0.05, 0.1) is 6.54 Å². The van der Waals surface area contributed by atoms with E-state index in [0.717, 1.165) is 17.7 Å². The van der Waals surface area contributed by atoms with Crippen LogP contribution in [0.2, 0.25) is 10.0 Å². The molecule has 1 N–H and O–H groups in total. The number of nitrogens with zero attached hydrogens (tertiary/aromatic N) is 3. The van der Waals surface area contributed by atoms with Gasteiger partial charge in [0.1, 0.15) is 24.4 Å². The Hall–Kier alpha value is -3.29. The molecule has 2 aromatic carbocycles. The van der Waals surface area contributed by atoms with Crippen LogP contribution in [0.5, 0.6) is 5.75 Å². The number of nitrogens with one attached hydrogen (secondary N) is 1. The predicted molar refractivity (Wildman–Crippen MR) is 122 cm³/mol. The zero-order chi connectivity index (χ0) is 22.5. The molecule has 0 aliphatic heterocycles. The number of furan rings is 1. The van der Waals surface area contributed by atoms with E-state index in [1.165, 1.54) is 11.9 Å². The summed E-state index contributed by atoms with van der Waals surface area (Å²) in [5, 5.41) is 7.96. The maximum atomic E-state index is 12.5. The molecule has 0 aliphatic rings. The minimum atomic E-state index is -0.453. The zero-order valence-corrected chi connectivity index (χ0v) is 18.7. The van der Waals surface area contributed by atoms with Crippen LogP contribution in [0.4, 0.5) is 5.95 Å². The highest BCUT2D eigenvalue weighted by Gasteiger charge is 2.14. The van der Waals surface area contributed by atoms with Gasteiger partial charge in [-0.05, 0) is 53.9 Å². The molecule has 0 atom stereocenters. The molecule has 2 aromatic heterocycles. The second-order valence-corrected chi connectivity index (χ2v) is 7.85. The van der Waals surface area contributed by atoms with Gasteiger partial charge in [-0.25, -0.2) is 9.67 Å². The number of aromatic nitrogens is 3. The average Bonchev–Trinajstić information content (AvgIpc) is 3.44. The number of ether oxygens (including phenoxy) is 1. The third kappa shape index (κ3) is 5.49. The smallest absolute Gasteiger partial charge is 0.293 e.